The summed E-state index contributed by atoms with van der Waals surface area (Å²) in [6.45, 7) is 7.91. The van der Waals surface area contributed by atoms with Crippen LogP contribution in [0.15, 0.2) is 42.5 Å². The molecule has 6 heteroatoms. The van der Waals surface area contributed by atoms with Crippen molar-refractivity contribution in [3.63, 3.8) is 0 Å². The zero-order chi connectivity index (χ0) is 18.6. The molecule has 2 aromatic carbocycles. The SMILES string of the molecule is CCCN1CCN(c2ccc(NC(=O)c3ccc4c(c3)OCO4)cc2)CC1. The van der Waals surface area contributed by atoms with E-state index in [0.717, 1.165) is 31.9 Å². The Labute approximate surface area is 159 Å². The fraction of sp³-hybridized carbons (Fsp3) is 0.381. The maximum absolute atomic E-state index is 12.5. The lowest BCUT2D eigenvalue weighted by atomic mass is 10.1. The molecular formula is C21H25N3O3. The van der Waals surface area contributed by atoms with E-state index in [4.69, 9.17) is 9.47 Å². The number of benzene rings is 2. The van der Waals surface area contributed by atoms with Crippen LogP contribution in [-0.2, 0) is 0 Å². The molecule has 0 bridgehead atoms. The van der Waals surface area contributed by atoms with Crippen molar-refractivity contribution in [3.05, 3.63) is 48.0 Å². The zero-order valence-corrected chi connectivity index (χ0v) is 15.6. The van der Waals surface area contributed by atoms with Gasteiger partial charge < -0.3 is 19.7 Å². The van der Waals surface area contributed by atoms with Crippen LogP contribution in [0.3, 0.4) is 0 Å². The van der Waals surface area contributed by atoms with E-state index in [1.165, 1.54) is 18.7 Å². The fourth-order valence-corrected chi connectivity index (χ4v) is 3.54. The van der Waals surface area contributed by atoms with Crippen LogP contribution in [-0.4, -0.2) is 50.3 Å². The highest BCUT2D eigenvalue weighted by molar-refractivity contribution is 6.04. The highest BCUT2D eigenvalue weighted by Gasteiger charge is 2.18. The molecule has 0 saturated carbocycles. The molecule has 0 aliphatic carbocycles. The third-order valence-electron chi connectivity index (χ3n) is 5.04. The molecule has 142 valence electrons. The van der Waals surface area contributed by atoms with Gasteiger partial charge in [0.05, 0.1) is 0 Å². The van der Waals surface area contributed by atoms with Crippen LogP contribution in [0.25, 0.3) is 0 Å². The van der Waals surface area contributed by atoms with Crippen molar-refractivity contribution in [3.8, 4) is 11.5 Å². The highest BCUT2D eigenvalue weighted by atomic mass is 16.7. The molecule has 6 nitrogen and oxygen atoms in total. The second kappa shape index (κ2) is 7.88. The van der Waals surface area contributed by atoms with E-state index in [9.17, 15) is 4.79 Å². The Bertz CT molecular complexity index is 799. The molecule has 1 saturated heterocycles. The molecule has 0 radical (unpaired) electrons. The first-order valence-corrected chi connectivity index (χ1v) is 9.51. The van der Waals surface area contributed by atoms with Gasteiger partial charge in [-0.1, -0.05) is 6.92 Å². The lowest BCUT2D eigenvalue weighted by Gasteiger charge is -2.36. The van der Waals surface area contributed by atoms with Crippen LogP contribution >= 0.6 is 0 Å². The molecule has 0 unspecified atom stereocenters. The number of carbonyl (C=O) groups is 1. The van der Waals surface area contributed by atoms with Crippen molar-refractivity contribution in [1.82, 2.24) is 4.90 Å². The molecule has 2 heterocycles. The topological polar surface area (TPSA) is 54.0 Å². The van der Waals surface area contributed by atoms with Crippen molar-refractivity contribution >= 4 is 17.3 Å². The van der Waals surface area contributed by atoms with Crippen LogP contribution in [0.5, 0.6) is 11.5 Å². The maximum atomic E-state index is 12.5. The summed E-state index contributed by atoms with van der Waals surface area (Å²) in [4.78, 5) is 17.4. The summed E-state index contributed by atoms with van der Waals surface area (Å²) in [7, 11) is 0. The molecular weight excluding hydrogens is 342 g/mol. The van der Waals surface area contributed by atoms with Gasteiger partial charge in [-0.25, -0.2) is 0 Å². The van der Waals surface area contributed by atoms with E-state index in [-0.39, 0.29) is 12.7 Å². The predicted octanol–water partition coefficient (Wildman–Crippen LogP) is 3.20. The molecule has 2 aromatic rings. The molecule has 0 aromatic heterocycles. The Morgan fingerprint density at radius 1 is 1.00 bits per heavy atom. The van der Waals surface area contributed by atoms with E-state index in [0.29, 0.717) is 17.1 Å². The van der Waals surface area contributed by atoms with Gasteiger partial charge in [0.25, 0.3) is 5.91 Å². The number of nitrogens with one attached hydrogen (secondary N) is 1. The van der Waals surface area contributed by atoms with Crippen molar-refractivity contribution in [2.24, 2.45) is 0 Å². The number of piperazine rings is 1. The highest BCUT2D eigenvalue weighted by Crippen LogP contribution is 2.32. The Kier molecular flexibility index (Phi) is 5.16. The average molecular weight is 367 g/mol. The third-order valence-corrected chi connectivity index (χ3v) is 5.04. The molecule has 2 aliphatic rings. The van der Waals surface area contributed by atoms with Crippen LogP contribution in [0.2, 0.25) is 0 Å². The van der Waals surface area contributed by atoms with E-state index in [1.54, 1.807) is 18.2 Å². The third kappa shape index (κ3) is 4.01. The maximum Gasteiger partial charge on any atom is 0.255 e. The van der Waals surface area contributed by atoms with Gasteiger partial charge in [-0.3, -0.25) is 9.69 Å². The van der Waals surface area contributed by atoms with E-state index < -0.39 is 0 Å². The van der Waals surface area contributed by atoms with Gasteiger partial charge in [0.2, 0.25) is 6.79 Å². The summed E-state index contributed by atoms with van der Waals surface area (Å²) in [5.74, 6) is 1.13. The smallest absolute Gasteiger partial charge is 0.255 e. The number of amides is 1. The number of nitrogens with zero attached hydrogens (tertiary/aromatic N) is 2. The van der Waals surface area contributed by atoms with Crippen LogP contribution < -0.4 is 19.7 Å². The normalized spacial score (nSPS) is 16.4. The molecule has 1 fully saturated rings. The minimum absolute atomic E-state index is 0.158. The first-order valence-electron chi connectivity index (χ1n) is 9.51. The van der Waals surface area contributed by atoms with Gasteiger partial charge in [0.15, 0.2) is 11.5 Å². The molecule has 0 spiro atoms. The second-order valence-electron chi connectivity index (χ2n) is 6.90. The number of hydrogen-bond donors (Lipinski definition) is 1. The van der Waals surface area contributed by atoms with Crippen molar-refractivity contribution in [2.75, 3.05) is 49.7 Å². The lowest BCUT2D eigenvalue weighted by molar-refractivity contribution is 0.102. The summed E-state index contributed by atoms with van der Waals surface area (Å²) in [5.41, 5.74) is 2.54. The average Bonchev–Trinajstić information content (AvgIpc) is 3.17. The summed E-state index contributed by atoms with van der Waals surface area (Å²) in [6, 6.07) is 13.3. The van der Waals surface area contributed by atoms with E-state index >= 15 is 0 Å². The van der Waals surface area contributed by atoms with E-state index in [2.05, 4.69) is 34.2 Å². The van der Waals surface area contributed by atoms with E-state index in [1.807, 2.05) is 12.1 Å². The van der Waals surface area contributed by atoms with Crippen LogP contribution in [0, 0.1) is 0 Å². The standard InChI is InChI=1S/C21H25N3O3/c1-2-9-23-10-12-24(13-11-23)18-6-4-17(5-7-18)22-21(25)16-3-8-19-20(14-16)27-15-26-19/h3-8,14H,2,9-13,15H2,1H3,(H,22,25). The number of fused-ring (bicyclic) bond motifs is 1. The van der Waals surface area contributed by atoms with Gasteiger partial charge in [0, 0.05) is 43.1 Å². The molecule has 27 heavy (non-hydrogen) atoms. The molecule has 0 atom stereocenters. The zero-order valence-electron chi connectivity index (χ0n) is 15.6. The fourth-order valence-electron chi connectivity index (χ4n) is 3.54. The molecule has 1 amide bonds. The number of hydrogen-bond acceptors (Lipinski definition) is 5. The Morgan fingerprint density at radius 3 is 2.48 bits per heavy atom. The minimum atomic E-state index is -0.158. The van der Waals surface area contributed by atoms with Gasteiger partial charge in [-0.15, -0.1) is 0 Å². The molecule has 1 N–H and O–H groups in total. The summed E-state index contributed by atoms with van der Waals surface area (Å²) >= 11 is 0. The van der Waals surface area contributed by atoms with Crippen molar-refractivity contribution in [1.29, 1.82) is 0 Å². The van der Waals surface area contributed by atoms with Gasteiger partial charge in [-0.05, 0) is 55.4 Å². The van der Waals surface area contributed by atoms with Crippen LogP contribution in [0.1, 0.15) is 23.7 Å². The summed E-state index contributed by atoms with van der Waals surface area (Å²) < 4.78 is 10.6. The number of anilines is 2. The van der Waals surface area contributed by atoms with Crippen molar-refractivity contribution < 1.29 is 14.3 Å². The first kappa shape index (κ1) is 17.7. The first-order chi connectivity index (χ1) is 13.2. The molecule has 4 rings (SSSR count). The Balaban J connectivity index is 1.36. The summed E-state index contributed by atoms with van der Waals surface area (Å²) in [5, 5.41) is 2.94. The summed E-state index contributed by atoms with van der Waals surface area (Å²) in [6.07, 6.45) is 1.21. The minimum Gasteiger partial charge on any atom is -0.454 e. The molecule has 2 aliphatic heterocycles. The predicted molar refractivity (Wildman–Crippen MR) is 106 cm³/mol. The van der Waals surface area contributed by atoms with Crippen LogP contribution in [0.4, 0.5) is 11.4 Å². The quantitative estimate of drug-likeness (QED) is 0.880. The monoisotopic (exact) mass is 367 g/mol. The van der Waals surface area contributed by atoms with Gasteiger partial charge >= 0.3 is 0 Å². The second-order valence-corrected chi connectivity index (χ2v) is 6.90. The Morgan fingerprint density at radius 2 is 1.74 bits per heavy atom. The number of ether oxygens (including phenoxy) is 2. The Hall–Kier alpha value is -2.73. The van der Waals surface area contributed by atoms with Gasteiger partial charge in [-0.2, -0.15) is 0 Å². The largest absolute Gasteiger partial charge is 0.454 e. The lowest BCUT2D eigenvalue weighted by Crippen LogP contribution is -2.46. The number of carbonyl (C=O) groups excluding carboxylic acids is 1. The van der Waals surface area contributed by atoms with Gasteiger partial charge in [0.1, 0.15) is 0 Å². The number of rotatable bonds is 5. The van der Waals surface area contributed by atoms with Crippen molar-refractivity contribution in [2.45, 2.75) is 13.3 Å².